The van der Waals surface area contributed by atoms with E-state index in [0.29, 0.717) is 0 Å². The summed E-state index contributed by atoms with van der Waals surface area (Å²) in [7, 11) is 0. The van der Waals surface area contributed by atoms with Crippen LogP contribution in [0.4, 0.5) is 17.1 Å². The molecule has 4 rings (SSSR count). The van der Waals surface area contributed by atoms with E-state index in [1.54, 1.807) is 0 Å². The third kappa shape index (κ3) is 3.16. The van der Waals surface area contributed by atoms with Crippen LogP contribution >= 0.6 is 28.6 Å². The lowest BCUT2D eigenvalue weighted by Gasteiger charge is -2.33. The minimum Gasteiger partial charge on any atom is -0.453 e. The number of benzene rings is 3. The maximum Gasteiger partial charge on any atom is 0.152 e. The molecule has 1 aliphatic heterocycles. The number of nitrogens with zero attached hydrogens (tertiary/aromatic N) is 1. The van der Waals surface area contributed by atoms with Crippen molar-refractivity contribution in [3.8, 4) is 11.5 Å². The van der Waals surface area contributed by atoms with Gasteiger partial charge < -0.3 is 9.64 Å². The van der Waals surface area contributed by atoms with Crippen molar-refractivity contribution in [1.82, 2.24) is 0 Å². The van der Waals surface area contributed by atoms with Crippen molar-refractivity contribution in [3.05, 3.63) is 76.3 Å². The number of rotatable bonds is 3. The van der Waals surface area contributed by atoms with Crippen molar-refractivity contribution < 1.29 is 4.74 Å². The molecule has 0 spiro atoms. The molecule has 0 N–H and O–H groups in total. The minimum atomic E-state index is 0.827. The minimum absolute atomic E-state index is 0.827. The molecule has 0 saturated carbocycles. The maximum absolute atomic E-state index is 6.18. The van der Waals surface area contributed by atoms with Crippen molar-refractivity contribution >= 4 is 45.6 Å². The van der Waals surface area contributed by atoms with Gasteiger partial charge in [-0.3, -0.25) is 0 Å². The first-order valence-corrected chi connectivity index (χ1v) is 9.66. The predicted molar refractivity (Wildman–Crippen MR) is 111 cm³/mol. The zero-order chi connectivity index (χ0) is 17.4. The highest BCUT2D eigenvalue weighted by atomic mass is 79.9. The Labute approximate surface area is 162 Å². The highest BCUT2D eigenvalue weighted by Crippen LogP contribution is 2.51. The van der Waals surface area contributed by atoms with Crippen molar-refractivity contribution in [2.24, 2.45) is 0 Å². The number of ether oxygens (including phenoxy) is 1. The SMILES string of the molecule is Cc1ccc(N2c3ccc(Br)cc3Oc3ccc(CCS)cc32)cc1. The summed E-state index contributed by atoms with van der Waals surface area (Å²) in [6, 6.07) is 21.1. The number of hydrogen-bond donors (Lipinski definition) is 1. The van der Waals surface area contributed by atoms with Crippen molar-refractivity contribution in [1.29, 1.82) is 0 Å². The van der Waals surface area contributed by atoms with E-state index < -0.39 is 0 Å². The summed E-state index contributed by atoms with van der Waals surface area (Å²) < 4.78 is 7.18. The van der Waals surface area contributed by atoms with Crippen molar-refractivity contribution in [2.75, 3.05) is 10.7 Å². The predicted octanol–water partition coefficient (Wildman–Crippen LogP) is 6.81. The molecule has 3 aromatic carbocycles. The van der Waals surface area contributed by atoms with Gasteiger partial charge in [-0.25, -0.2) is 0 Å². The van der Waals surface area contributed by atoms with Crippen LogP contribution in [0.5, 0.6) is 11.5 Å². The lowest BCUT2D eigenvalue weighted by molar-refractivity contribution is 0.476. The summed E-state index contributed by atoms with van der Waals surface area (Å²) in [6.45, 7) is 2.10. The van der Waals surface area contributed by atoms with E-state index >= 15 is 0 Å². The van der Waals surface area contributed by atoms with Crippen LogP contribution in [0.2, 0.25) is 0 Å². The first-order valence-electron chi connectivity index (χ1n) is 8.24. The van der Waals surface area contributed by atoms with E-state index in [0.717, 1.165) is 45.2 Å². The molecule has 0 saturated heterocycles. The molecule has 126 valence electrons. The Morgan fingerprint density at radius 3 is 2.48 bits per heavy atom. The Hall–Kier alpha value is -1.91. The Morgan fingerprint density at radius 1 is 0.920 bits per heavy atom. The fraction of sp³-hybridized carbons (Fsp3) is 0.143. The topological polar surface area (TPSA) is 12.5 Å². The van der Waals surface area contributed by atoms with Crippen LogP contribution in [0.1, 0.15) is 11.1 Å². The first kappa shape index (κ1) is 16.6. The van der Waals surface area contributed by atoms with Gasteiger partial charge in [0.2, 0.25) is 0 Å². The molecule has 0 fully saturated rings. The lowest BCUT2D eigenvalue weighted by Crippen LogP contribution is -2.16. The molecule has 0 bridgehead atoms. The summed E-state index contributed by atoms with van der Waals surface area (Å²) in [5.41, 5.74) is 5.74. The van der Waals surface area contributed by atoms with Gasteiger partial charge in [0.1, 0.15) is 0 Å². The molecule has 0 unspecified atom stereocenters. The van der Waals surface area contributed by atoms with Gasteiger partial charge in [0, 0.05) is 10.2 Å². The Kier molecular flexibility index (Phi) is 4.48. The Balaban J connectivity index is 1.91. The van der Waals surface area contributed by atoms with Gasteiger partial charge in [0.15, 0.2) is 11.5 Å². The van der Waals surface area contributed by atoms with E-state index in [4.69, 9.17) is 4.74 Å². The van der Waals surface area contributed by atoms with Gasteiger partial charge >= 0.3 is 0 Å². The van der Waals surface area contributed by atoms with Gasteiger partial charge in [-0.15, -0.1) is 0 Å². The number of halogens is 1. The zero-order valence-electron chi connectivity index (χ0n) is 13.9. The standard InChI is InChI=1S/C21H18BrNOS/c1-14-2-6-17(7-3-14)23-18-8-5-16(22)13-21(18)24-20-9-4-15(10-11-25)12-19(20)23/h2-9,12-13,25H,10-11H2,1H3. The van der Waals surface area contributed by atoms with Gasteiger partial charge in [0.05, 0.1) is 11.4 Å². The van der Waals surface area contributed by atoms with Crippen molar-refractivity contribution in [3.63, 3.8) is 0 Å². The Bertz CT molecular complexity index is 924. The fourth-order valence-corrected chi connectivity index (χ4v) is 3.68. The smallest absolute Gasteiger partial charge is 0.152 e. The first-order chi connectivity index (χ1) is 12.2. The average Bonchev–Trinajstić information content (AvgIpc) is 2.61. The molecule has 0 amide bonds. The van der Waals surface area contributed by atoms with Gasteiger partial charge in [-0.2, -0.15) is 12.6 Å². The van der Waals surface area contributed by atoms with Crippen LogP contribution in [0.15, 0.2) is 65.1 Å². The maximum atomic E-state index is 6.18. The average molecular weight is 412 g/mol. The third-order valence-corrected chi connectivity index (χ3v) is 5.06. The molecule has 4 heteroatoms. The van der Waals surface area contributed by atoms with Crippen LogP contribution in [-0.4, -0.2) is 5.75 Å². The van der Waals surface area contributed by atoms with Gasteiger partial charge in [-0.05, 0) is 67.1 Å². The lowest BCUT2D eigenvalue weighted by atomic mass is 10.1. The summed E-state index contributed by atoms with van der Waals surface area (Å²) in [5.74, 6) is 2.55. The number of thiol groups is 1. The summed E-state index contributed by atoms with van der Waals surface area (Å²) in [4.78, 5) is 2.27. The van der Waals surface area contributed by atoms with Gasteiger partial charge in [0.25, 0.3) is 0 Å². The molecule has 0 radical (unpaired) electrons. The van der Waals surface area contributed by atoms with Crippen LogP contribution < -0.4 is 9.64 Å². The largest absolute Gasteiger partial charge is 0.453 e. The van der Waals surface area contributed by atoms with E-state index in [9.17, 15) is 0 Å². The quantitative estimate of drug-likeness (QED) is 0.371. The molecular weight excluding hydrogens is 394 g/mol. The molecule has 25 heavy (non-hydrogen) atoms. The van der Waals surface area contributed by atoms with E-state index in [-0.39, 0.29) is 0 Å². The van der Waals surface area contributed by atoms with E-state index in [1.807, 2.05) is 12.1 Å². The molecule has 0 aromatic heterocycles. The van der Waals surface area contributed by atoms with E-state index in [1.165, 1.54) is 11.1 Å². The highest BCUT2D eigenvalue weighted by molar-refractivity contribution is 9.10. The second-order valence-corrected chi connectivity index (χ2v) is 7.52. The number of fused-ring (bicyclic) bond motifs is 2. The second-order valence-electron chi connectivity index (χ2n) is 6.16. The number of hydrogen-bond acceptors (Lipinski definition) is 3. The Morgan fingerprint density at radius 2 is 1.72 bits per heavy atom. The molecule has 0 atom stereocenters. The van der Waals surface area contributed by atoms with E-state index in [2.05, 4.69) is 88.9 Å². The molecule has 1 heterocycles. The van der Waals surface area contributed by atoms with Gasteiger partial charge in [-0.1, -0.05) is 39.7 Å². The highest BCUT2D eigenvalue weighted by Gasteiger charge is 2.26. The summed E-state index contributed by atoms with van der Waals surface area (Å²) >= 11 is 7.91. The number of aryl methyl sites for hydroxylation is 2. The molecule has 2 nitrogen and oxygen atoms in total. The van der Waals surface area contributed by atoms with Crippen LogP contribution in [0.3, 0.4) is 0 Å². The monoisotopic (exact) mass is 411 g/mol. The molecular formula is C21H18BrNOS. The third-order valence-electron chi connectivity index (χ3n) is 4.34. The zero-order valence-corrected chi connectivity index (χ0v) is 16.3. The van der Waals surface area contributed by atoms with Crippen LogP contribution in [0.25, 0.3) is 0 Å². The summed E-state index contributed by atoms with van der Waals surface area (Å²) in [6.07, 6.45) is 0.936. The van der Waals surface area contributed by atoms with Crippen molar-refractivity contribution in [2.45, 2.75) is 13.3 Å². The second kappa shape index (κ2) is 6.77. The molecule has 0 aliphatic carbocycles. The fourth-order valence-electron chi connectivity index (χ4n) is 3.08. The normalized spacial score (nSPS) is 12.4. The van der Waals surface area contributed by atoms with Crippen LogP contribution in [0, 0.1) is 6.92 Å². The molecule has 3 aromatic rings. The van der Waals surface area contributed by atoms with Crippen LogP contribution in [-0.2, 0) is 6.42 Å². The number of anilines is 3. The molecule has 1 aliphatic rings. The summed E-state index contributed by atoms with van der Waals surface area (Å²) in [5, 5.41) is 0.